The van der Waals surface area contributed by atoms with Gasteiger partial charge >= 0.3 is 0 Å². The van der Waals surface area contributed by atoms with E-state index in [0.717, 1.165) is 19.3 Å². The number of aromatic amines is 1. The predicted octanol–water partition coefficient (Wildman–Crippen LogP) is 2.86. The molecular weight excluding hydrogens is 284 g/mol. The van der Waals surface area contributed by atoms with Gasteiger partial charge in [-0.25, -0.2) is 0 Å². The zero-order chi connectivity index (χ0) is 15.1. The van der Waals surface area contributed by atoms with Gasteiger partial charge < -0.3 is 9.13 Å². The van der Waals surface area contributed by atoms with Gasteiger partial charge in [0.15, 0.2) is 10.6 Å². The van der Waals surface area contributed by atoms with E-state index in [-0.39, 0.29) is 11.6 Å². The average Bonchev–Trinajstić information content (AvgIpc) is 3.03. The van der Waals surface area contributed by atoms with Crippen LogP contribution >= 0.6 is 12.2 Å². The second kappa shape index (κ2) is 5.26. The van der Waals surface area contributed by atoms with Gasteiger partial charge in [0, 0.05) is 18.3 Å². The summed E-state index contributed by atoms with van der Waals surface area (Å²) in [6.45, 7) is 6.81. The van der Waals surface area contributed by atoms with Crippen molar-refractivity contribution >= 4 is 12.2 Å². The Balaban J connectivity index is 2.32. The molecule has 2 aromatic heterocycles. The van der Waals surface area contributed by atoms with Crippen molar-refractivity contribution in [1.29, 1.82) is 0 Å². The van der Waals surface area contributed by atoms with Crippen molar-refractivity contribution in [2.45, 2.75) is 52.6 Å². The summed E-state index contributed by atoms with van der Waals surface area (Å²) >= 11 is 5.24. The number of hydrogen-bond donors (Lipinski definition) is 1. The van der Waals surface area contributed by atoms with Gasteiger partial charge in [-0.3, -0.25) is 9.89 Å². The van der Waals surface area contributed by atoms with Gasteiger partial charge in [0.25, 0.3) is 5.56 Å². The molecule has 0 saturated heterocycles. The minimum atomic E-state index is 0.0364. The van der Waals surface area contributed by atoms with Gasteiger partial charge in [-0.15, -0.1) is 0 Å². The lowest BCUT2D eigenvalue weighted by molar-refractivity contribution is 0.554. The first-order valence-corrected chi connectivity index (χ1v) is 7.88. The van der Waals surface area contributed by atoms with Crippen LogP contribution in [0.3, 0.4) is 0 Å². The minimum Gasteiger partial charge on any atom is -0.309 e. The van der Waals surface area contributed by atoms with Crippen molar-refractivity contribution < 1.29 is 0 Å². The molecule has 0 unspecified atom stereocenters. The molecule has 0 amide bonds. The zero-order valence-corrected chi connectivity index (χ0v) is 13.5. The highest BCUT2D eigenvalue weighted by Crippen LogP contribution is 2.26. The molecule has 6 heteroatoms. The van der Waals surface area contributed by atoms with E-state index < -0.39 is 0 Å². The maximum Gasteiger partial charge on any atom is 0.262 e. The molecule has 21 heavy (non-hydrogen) atoms. The molecule has 0 bridgehead atoms. The van der Waals surface area contributed by atoms with Crippen molar-refractivity contribution in [2.75, 3.05) is 0 Å². The molecule has 1 aliphatic rings. The molecule has 1 aliphatic carbocycles. The fourth-order valence-corrected chi connectivity index (χ4v) is 3.45. The first-order valence-electron chi connectivity index (χ1n) is 7.47. The summed E-state index contributed by atoms with van der Waals surface area (Å²) in [5.74, 6) is 0.650. The quantitative estimate of drug-likeness (QED) is 0.887. The number of fused-ring (bicyclic) bond motifs is 1. The molecule has 5 nitrogen and oxygen atoms in total. The lowest BCUT2D eigenvalue weighted by Crippen LogP contribution is -2.27. The molecule has 112 valence electrons. The number of hydrogen-bond acceptors (Lipinski definition) is 3. The Morgan fingerprint density at radius 3 is 2.86 bits per heavy atom. The van der Waals surface area contributed by atoms with Crippen LogP contribution in [0.5, 0.6) is 0 Å². The van der Waals surface area contributed by atoms with Crippen molar-refractivity contribution in [3.63, 3.8) is 0 Å². The SMILES string of the molecule is CCn1c(-c2cc3c(n(C(C)C)c2=O)CCC3)n[nH]c1=S. The van der Waals surface area contributed by atoms with Crippen molar-refractivity contribution in [1.82, 2.24) is 19.3 Å². The van der Waals surface area contributed by atoms with Crippen molar-refractivity contribution in [3.05, 3.63) is 32.4 Å². The van der Waals surface area contributed by atoms with E-state index in [9.17, 15) is 4.79 Å². The summed E-state index contributed by atoms with van der Waals surface area (Å²) in [6, 6.07) is 2.17. The molecular formula is C15H20N4OS. The van der Waals surface area contributed by atoms with Crippen LogP contribution in [0.4, 0.5) is 0 Å². The second-order valence-corrected chi connectivity index (χ2v) is 6.14. The molecule has 2 heterocycles. The van der Waals surface area contributed by atoms with Gasteiger partial charge in [-0.1, -0.05) is 0 Å². The Morgan fingerprint density at radius 1 is 1.43 bits per heavy atom. The Labute approximate surface area is 128 Å². The van der Waals surface area contributed by atoms with Crippen LogP contribution in [0.25, 0.3) is 11.4 Å². The summed E-state index contributed by atoms with van der Waals surface area (Å²) in [5, 5.41) is 7.07. The molecule has 0 radical (unpaired) electrons. The van der Waals surface area contributed by atoms with E-state index in [1.54, 1.807) is 0 Å². The Kier molecular flexibility index (Phi) is 3.57. The maximum absolute atomic E-state index is 12.9. The highest BCUT2D eigenvalue weighted by molar-refractivity contribution is 7.71. The Morgan fingerprint density at radius 2 is 2.19 bits per heavy atom. The van der Waals surface area contributed by atoms with E-state index in [2.05, 4.69) is 24.0 Å². The summed E-state index contributed by atoms with van der Waals surface area (Å²) in [6.07, 6.45) is 3.14. The van der Waals surface area contributed by atoms with E-state index in [1.807, 2.05) is 22.1 Å². The van der Waals surface area contributed by atoms with E-state index >= 15 is 0 Å². The Hall–Kier alpha value is -1.69. The van der Waals surface area contributed by atoms with Crippen molar-refractivity contribution in [2.24, 2.45) is 0 Å². The van der Waals surface area contributed by atoms with Gasteiger partial charge in [0.2, 0.25) is 0 Å². The number of nitrogens with one attached hydrogen (secondary N) is 1. The van der Waals surface area contributed by atoms with Gasteiger partial charge in [-0.2, -0.15) is 5.10 Å². The molecule has 0 atom stereocenters. The van der Waals surface area contributed by atoms with Gasteiger partial charge in [0.05, 0.1) is 5.56 Å². The molecule has 3 rings (SSSR count). The highest BCUT2D eigenvalue weighted by Gasteiger charge is 2.23. The first-order chi connectivity index (χ1) is 10.0. The lowest BCUT2D eigenvalue weighted by atomic mass is 10.1. The monoisotopic (exact) mass is 304 g/mol. The minimum absolute atomic E-state index is 0.0364. The van der Waals surface area contributed by atoms with E-state index in [4.69, 9.17) is 12.2 Å². The van der Waals surface area contributed by atoms with Gasteiger partial charge in [-0.05, 0) is 63.9 Å². The Bertz CT molecular complexity index is 797. The van der Waals surface area contributed by atoms with Gasteiger partial charge in [0.1, 0.15) is 0 Å². The number of pyridine rings is 1. The molecule has 0 spiro atoms. The van der Waals surface area contributed by atoms with Crippen LogP contribution in [0.15, 0.2) is 10.9 Å². The molecule has 0 saturated carbocycles. The number of rotatable bonds is 3. The topological polar surface area (TPSA) is 55.6 Å². The second-order valence-electron chi connectivity index (χ2n) is 5.75. The molecule has 0 fully saturated rings. The number of aromatic nitrogens is 4. The fraction of sp³-hybridized carbons (Fsp3) is 0.533. The average molecular weight is 304 g/mol. The largest absolute Gasteiger partial charge is 0.309 e. The lowest BCUT2D eigenvalue weighted by Gasteiger charge is -2.17. The number of nitrogens with zero attached hydrogens (tertiary/aromatic N) is 3. The first kappa shape index (κ1) is 14.3. The highest BCUT2D eigenvalue weighted by atomic mass is 32.1. The summed E-state index contributed by atoms with van der Waals surface area (Å²) < 4.78 is 4.36. The smallest absolute Gasteiger partial charge is 0.262 e. The van der Waals surface area contributed by atoms with Crippen LogP contribution < -0.4 is 5.56 Å². The molecule has 0 aliphatic heterocycles. The van der Waals surface area contributed by atoms with E-state index in [1.165, 1.54) is 11.3 Å². The normalized spacial score (nSPS) is 13.9. The summed E-state index contributed by atoms with van der Waals surface area (Å²) in [4.78, 5) is 12.9. The third kappa shape index (κ3) is 2.18. The van der Waals surface area contributed by atoms with Crippen LogP contribution in [0.1, 0.15) is 44.5 Å². The maximum atomic E-state index is 12.9. The third-order valence-electron chi connectivity index (χ3n) is 4.12. The standard InChI is InChI=1S/C15H20N4OS/c1-4-18-13(16-17-15(18)21)11-8-10-6-5-7-12(10)19(9(2)3)14(11)20/h8-9H,4-7H2,1-3H3,(H,17,21). The van der Waals surface area contributed by atoms with Crippen LogP contribution in [-0.4, -0.2) is 19.3 Å². The number of H-pyrrole nitrogens is 1. The number of aryl methyl sites for hydroxylation is 1. The molecule has 0 aromatic carbocycles. The summed E-state index contributed by atoms with van der Waals surface area (Å²) in [7, 11) is 0. The van der Waals surface area contributed by atoms with E-state index in [0.29, 0.717) is 22.7 Å². The fourth-order valence-electron chi connectivity index (χ4n) is 3.19. The summed E-state index contributed by atoms with van der Waals surface area (Å²) in [5.41, 5.74) is 3.15. The van der Waals surface area contributed by atoms with Crippen molar-refractivity contribution in [3.8, 4) is 11.4 Å². The van der Waals surface area contributed by atoms with Crippen LogP contribution in [0, 0.1) is 4.77 Å². The molecule has 1 N–H and O–H groups in total. The molecule has 2 aromatic rings. The third-order valence-corrected chi connectivity index (χ3v) is 4.43. The zero-order valence-electron chi connectivity index (χ0n) is 12.6. The van der Waals surface area contributed by atoms with Crippen LogP contribution in [0.2, 0.25) is 0 Å². The predicted molar refractivity (Wildman–Crippen MR) is 85.2 cm³/mol. The van der Waals surface area contributed by atoms with Crippen LogP contribution in [-0.2, 0) is 19.4 Å².